The number of hydrogen-bond donors (Lipinski definition) is 0. The Morgan fingerprint density at radius 2 is 1.50 bits per heavy atom. The lowest BCUT2D eigenvalue weighted by atomic mass is 9.95. The molecular weight excluding hydrogens is 170 g/mol. The van der Waals surface area contributed by atoms with E-state index >= 15 is 0 Å². The van der Waals surface area contributed by atoms with Gasteiger partial charge in [-0.25, -0.2) is 0 Å². The Labute approximate surface area is 89.1 Å². The molecule has 3 unspecified atom stereocenters. The number of rotatable bonds is 0. The molecule has 1 heteroatoms. The van der Waals surface area contributed by atoms with Crippen LogP contribution >= 0.6 is 0 Å². The highest BCUT2D eigenvalue weighted by atomic mass is 15.4. The minimum Gasteiger partial charge on any atom is -0.321 e. The molecule has 1 nitrogen and oxygen atoms in total. The lowest BCUT2D eigenvalue weighted by Crippen LogP contribution is -2.53. The highest BCUT2D eigenvalue weighted by Gasteiger charge is 2.41. The van der Waals surface area contributed by atoms with Crippen molar-refractivity contribution in [2.24, 2.45) is 11.8 Å². The van der Waals surface area contributed by atoms with Crippen LogP contribution in [-0.2, 0) is 0 Å². The molecule has 2 fully saturated rings. The van der Waals surface area contributed by atoms with Crippen molar-refractivity contribution in [3.05, 3.63) is 0 Å². The van der Waals surface area contributed by atoms with Crippen molar-refractivity contribution in [3.63, 3.8) is 0 Å². The fourth-order valence-electron chi connectivity index (χ4n) is 4.05. The van der Waals surface area contributed by atoms with E-state index in [0.717, 1.165) is 17.9 Å². The zero-order valence-electron chi connectivity index (χ0n) is 10.1. The van der Waals surface area contributed by atoms with Crippen molar-refractivity contribution in [1.29, 1.82) is 0 Å². The summed E-state index contributed by atoms with van der Waals surface area (Å²) in [6.45, 7) is 11.8. The van der Waals surface area contributed by atoms with E-state index in [0.29, 0.717) is 0 Å². The predicted octanol–water partition coefficient (Wildman–Crippen LogP) is 3.05. The molecule has 0 aromatic heterocycles. The minimum absolute atomic E-state index is 0.928. The van der Waals surface area contributed by atoms with Gasteiger partial charge < -0.3 is 4.48 Å². The quantitative estimate of drug-likeness (QED) is 0.522. The fourth-order valence-corrected chi connectivity index (χ4v) is 4.05. The van der Waals surface area contributed by atoms with Crippen LogP contribution in [0, 0.1) is 11.8 Å². The van der Waals surface area contributed by atoms with Crippen LogP contribution in [-0.4, -0.2) is 30.2 Å². The van der Waals surface area contributed by atoms with E-state index in [4.69, 9.17) is 0 Å². The Balaban J connectivity index is 2.14. The smallest absolute Gasteiger partial charge is 0.0864 e. The van der Waals surface area contributed by atoms with Crippen LogP contribution in [0.25, 0.3) is 0 Å². The van der Waals surface area contributed by atoms with Crippen molar-refractivity contribution >= 4 is 0 Å². The van der Waals surface area contributed by atoms with Gasteiger partial charge in [0.25, 0.3) is 0 Å². The van der Waals surface area contributed by atoms with Gasteiger partial charge in [0.05, 0.1) is 25.7 Å². The van der Waals surface area contributed by atoms with Gasteiger partial charge in [-0.15, -0.1) is 0 Å². The Bertz CT molecular complexity index is 193. The highest BCUT2D eigenvalue weighted by molar-refractivity contribution is 4.72. The Morgan fingerprint density at radius 3 is 2.14 bits per heavy atom. The van der Waals surface area contributed by atoms with Gasteiger partial charge >= 0.3 is 0 Å². The summed E-state index contributed by atoms with van der Waals surface area (Å²) in [5.74, 6) is 1.91. The van der Waals surface area contributed by atoms with Gasteiger partial charge in [0.2, 0.25) is 0 Å². The van der Waals surface area contributed by atoms with Crippen molar-refractivity contribution in [3.8, 4) is 0 Å². The predicted molar refractivity (Wildman–Crippen MR) is 61.1 cm³/mol. The molecule has 0 radical (unpaired) electrons. The molecule has 0 aromatic rings. The normalized spacial score (nSPS) is 42.6. The van der Waals surface area contributed by atoms with Crippen LogP contribution in [0.1, 0.15) is 46.5 Å². The summed E-state index contributed by atoms with van der Waals surface area (Å²) in [6, 6.07) is 0.928. The second kappa shape index (κ2) is 3.84. The van der Waals surface area contributed by atoms with E-state index in [1.54, 1.807) is 0 Å². The third kappa shape index (κ3) is 1.84. The van der Waals surface area contributed by atoms with E-state index in [2.05, 4.69) is 20.8 Å². The summed E-state index contributed by atoms with van der Waals surface area (Å²) >= 11 is 0. The summed E-state index contributed by atoms with van der Waals surface area (Å²) in [6.07, 6.45) is 5.88. The van der Waals surface area contributed by atoms with Gasteiger partial charge in [-0.3, -0.25) is 0 Å². The minimum atomic E-state index is 0.928. The monoisotopic (exact) mass is 196 g/mol. The van der Waals surface area contributed by atoms with E-state index in [9.17, 15) is 0 Å². The van der Waals surface area contributed by atoms with Crippen LogP contribution < -0.4 is 0 Å². The van der Waals surface area contributed by atoms with Crippen molar-refractivity contribution < 1.29 is 4.48 Å². The topological polar surface area (TPSA) is 0 Å². The molecule has 3 atom stereocenters. The molecule has 2 heterocycles. The summed E-state index contributed by atoms with van der Waals surface area (Å²) in [5, 5.41) is 0. The molecule has 2 rings (SSSR count). The van der Waals surface area contributed by atoms with Crippen LogP contribution in [0.3, 0.4) is 0 Å². The molecule has 0 aromatic carbocycles. The van der Waals surface area contributed by atoms with Crippen LogP contribution in [0.2, 0.25) is 0 Å². The average molecular weight is 196 g/mol. The van der Waals surface area contributed by atoms with Gasteiger partial charge in [0.1, 0.15) is 0 Å². The summed E-state index contributed by atoms with van der Waals surface area (Å²) in [4.78, 5) is 0. The van der Waals surface area contributed by atoms with Gasteiger partial charge in [-0.2, -0.15) is 0 Å². The highest BCUT2D eigenvalue weighted by Crippen LogP contribution is 2.34. The van der Waals surface area contributed by atoms with Crippen molar-refractivity contribution in [1.82, 2.24) is 0 Å². The van der Waals surface area contributed by atoms with E-state index in [1.807, 2.05) is 0 Å². The van der Waals surface area contributed by atoms with Crippen molar-refractivity contribution in [2.45, 2.75) is 52.5 Å². The van der Waals surface area contributed by atoms with Crippen LogP contribution in [0.4, 0.5) is 0 Å². The zero-order chi connectivity index (χ0) is 10.2. The molecule has 0 aliphatic carbocycles. The Kier molecular flexibility index (Phi) is 2.88. The molecule has 2 aliphatic rings. The maximum absolute atomic E-state index is 2.50. The fraction of sp³-hybridized carbons (Fsp3) is 1.00. The van der Waals surface area contributed by atoms with Crippen LogP contribution in [0.5, 0.6) is 0 Å². The third-order valence-electron chi connectivity index (χ3n) is 4.62. The number of nitrogens with zero attached hydrogens (tertiary/aromatic N) is 1. The molecule has 0 amide bonds. The van der Waals surface area contributed by atoms with Gasteiger partial charge in [0.15, 0.2) is 0 Å². The third-order valence-corrected chi connectivity index (χ3v) is 4.62. The molecule has 0 N–H and O–H groups in total. The summed E-state index contributed by atoms with van der Waals surface area (Å²) in [5.41, 5.74) is 0. The first-order valence-electron chi connectivity index (χ1n) is 6.48. The molecule has 0 saturated carbocycles. The van der Waals surface area contributed by atoms with Gasteiger partial charge in [-0.05, 0) is 19.3 Å². The number of hydrogen-bond acceptors (Lipinski definition) is 0. The average Bonchev–Trinajstić information content (AvgIpc) is 2.48. The van der Waals surface area contributed by atoms with Crippen molar-refractivity contribution in [2.75, 3.05) is 19.6 Å². The first kappa shape index (κ1) is 10.5. The SMILES string of the molecule is CC1CC(C)C[N+]2(CCCC2)C(C)C1. The van der Waals surface area contributed by atoms with Gasteiger partial charge in [0, 0.05) is 25.2 Å². The summed E-state index contributed by atoms with van der Waals surface area (Å²) < 4.78 is 1.46. The standard InChI is InChI=1S/C13H26N/c1-11-8-12(2)10-14(13(3)9-11)6-4-5-7-14/h11-13H,4-10H2,1-3H3/q+1. The number of quaternary nitrogens is 1. The van der Waals surface area contributed by atoms with E-state index < -0.39 is 0 Å². The molecule has 0 bridgehead atoms. The molecule has 82 valence electrons. The van der Waals surface area contributed by atoms with E-state index in [1.165, 1.54) is 49.8 Å². The molecule has 2 aliphatic heterocycles. The zero-order valence-corrected chi connectivity index (χ0v) is 10.1. The second-order valence-electron chi connectivity index (χ2n) is 6.09. The molecule has 14 heavy (non-hydrogen) atoms. The first-order chi connectivity index (χ1) is 6.62. The molecule has 2 saturated heterocycles. The lowest BCUT2D eigenvalue weighted by Gasteiger charge is -2.40. The van der Waals surface area contributed by atoms with E-state index in [-0.39, 0.29) is 0 Å². The summed E-state index contributed by atoms with van der Waals surface area (Å²) in [7, 11) is 0. The first-order valence-corrected chi connectivity index (χ1v) is 6.48. The maximum atomic E-state index is 2.50. The molecule has 1 spiro atoms. The van der Waals surface area contributed by atoms with Crippen LogP contribution in [0.15, 0.2) is 0 Å². The Hall–Kier alpha value is -0.0400. The van der Waals surface area contributed by atoms with Gasteiger partial charge in [-0.1, -0.05) is 13.8 Å². The largest absolute Gasteiger partial charge is 0.321 e. The maximum Gasteiger partial charge on any atom is 0.0864 e. The lowest BCUT2D eigenvalue weighted by molar-refractivity contribution is -0.940. The second-order valence-corrected chi connectivity index (χ2v) is 6.09. The molecular formula is C13H26N+. The Morgan fingerprint density at radius 1 is 0.857 bits per heavy atom.